The van der Waals surface area contributed by atoms with Gasteiger partial charge in [-0.05, 0) is 56.4 Å². The number of nitrogens with zero attached hydrogens (tertiary/aromatic N) is 3. The van der Waals surface area contributed by atoms with E-state index in [0.29, 0.717) is 36.8 Å². The molecule has 148 valence electrons. The fourth-order valence-electron chi connectivity index (χ4n) is 3.19. The van der Waals surface area contributed by atoms with Crippen LogP contribution >= 0.6 is 0 Å². The number of carbonyl (C=O) groups is 1. The lowest BCUT2D eigenvalue weighted by atomic mass is 10.1. The highest BCUT2D eigenvalue weighted by Crippen LogP contribution is 2.24. The van der Waals surface area contributed by atoms with Gasteiger partial charge in [0.2, 0.25) is 0 Å². The molecule has 1 aromatic rings. The number of aromatic nitrogens is 4. The molecule has 3 rings (SSSR count). The second-order valence-electron chi connectivity index (χ2n) is 6.96. The number of hydrogen-bond acceptors (Lipinski definition) is 6. The molecule has 28 heavy (non-hydrogen) atoms. The first-order valence-electron chi connectivity index (χ1n) is 9.08. The molecule has 1 atom stereocenters. The number of aryl methyl sites for hydroxylation is 3. The van der Waals surface area contributed by atoms with Crippen molar-refractivity contribution in [2.24, 2.45) is 0 Å². The largest absolute Gasteiger partial charge is 0.481 e. The Morgan fingerprint density at radius 1 is 1.18 bits per heavy atom. The van der Waals surface area contributed by atoms with Crippen molar-refractivity contribution in [3.05, 3.63) is 44.1 Å². The molecule has 0 aliphatic carbocycles. The fourth-order valence-corrected chi connectivity index (χ4v) is 3.19. The van der Waals surface area contributed by atoms with Gasteiger partial charge in [0.25, 0.3) is 5.56 Å². The molecule has 0 spiro atoms. The predicted molar refractivity (Wildman–Crippen MR) is 103 cm³/mol. The maximum absolute atomic E-state index is 12.2. The Morgan fingerprint density at radius 2 is 1.89 bits per heavy atom. The summed E-state index contributed by atoms with van der Waals surface area (Å²) in [7, 11) is 0. The number of aromatic amines is 1. The minimum atomic E-state index is -0.898. The van der Waals surface area contributed by atoms with Gasteiger partial charge < -0.3 is 14.8 Å². The summed E-state index contributed by atoms with van der Waals surface area (Å²) in [5.74, 6) is -0.729. The standard InChI is InChI=1S/C19H22N4O5/c1-10-8-13-14(9-11(10)2)23(7-6-12(24)4-3-5-15(25)26)17-16(20-13)18(27)22-19(28)21-17/h8-9,12,24H,3-7H2,1-2H3,(H,25,26)(H,22,27,28). The third-order valence-electron chi connectivity index (χ3n) is 4.84. The zero-order valence-electron chi connectivity index (χ0n) is 15.7. The zero-order chi connectivity index (χ0) is 20.4. The maximum Gasteiger partial charge on any atom is 0.349 e. The maximum atomic E-state index is 12.2. The Hall–Kier alpha value is -3.07. The number of aliphatic carboxylic acids is 1. The monoisotopic (exact) mass is 386 g/mol. The minimum absolute atomic E-state index is 0.000264. The number of nitrogens with one attached hydrogen (secondary N) is 1. The van der Waals surface area contributed by atoms with Gasteiger partial charge in [-0.15, -0.1) is 0 Å². The van der Waals surface area contributed by atoms with Crippen LogP contribution in [-0.4, -0.2) is 41.8 Å². The number of benzene rings is 1. The second kappa shape index (κ2) is 7.89. The van der Waals surface area contributed by atoms with E-state index in [9.17, 15) is 19.5 Å². The van der Waals surface area contributed by atoms with E-state index in [2.05, 4.69) is 15.0 Å². The molecule has 0 radical (unpaired) electrons. The van der Waals surface area contributed by atoms with E-state index >= 15 is 0 Å². The zero-order valence-corrected chi connectivity index (χ0v) is 15.7. The van der Waals surface area contributed by atoms with Crippen LogP contribution in [0.2, 0.25) is 0 Å². The molecule has 1 aromatic carbocycles. The average molecular weight is 386 g/mol. The Kier molecular flexibility index (Phi) is 5.55. The molecule has 0 saturated carbocycles. The van der Waals surface area contributed by atoms with Crippen LogP contribution < -0.4 is 11.2 Å². The van der Waals surface area contributed by atoms with Crippen molar-refractivity contribution in [3.63, 3.8) is 0 Å². The van der Waals surface area contributed by atoms with Crippen LogP contribution in [0.1, 0.15) is 36.8 Å². The van der Waals surface area contributed by atoms with Crippen molar-refractivity contribution in [2.75, 3.05) is 0 Å². The number of carboxylic acid groups (broad SMARTS) is 1. The number of H-pyrrole nitrogens is 1. The van der Waals surface area contributed by atoms with Crippen LogP contribution in [0.5, 0.6) is 0 Å². The third-order valence-corrected chi connectivity index (χ3v) is 4.84. The number of rotatable bonds is 7. The highest BCUT2D eigenvalue weighted by Gasteiger charge is 2.19. The number of carboxylic acids is 1. The Balaban J connectivity index is 2.02. The molecular formula is C19H22N4O5. The van der Waals surface area contributed by atoms with Gasteiger partial charge in [0.1, 0.15) is 0 Å². The SMILES string of the molecule is Cc1cc2nc3c(=O)[nH]c(=O)nc-3n(CCC(O)CCCC(=O)O)c2cc1C. The minimum Gasteiger partial charge on any atom is -0.481 e. The van der Waals surface area contributed by atoms with Gasteiger partial charge in [-0.25, -0.2) is 9.78 Å². The highest BCUT2D eigenvalue weighted by molar-refractivity contribution is 5.81. The van der Waals surface area contributed by atoms with Crippen molar-refractivity contribution in [1.29, 1.82) is 0 Å². The summed E-state index contributed by atoms with van der Waals surface area (Å²) in [5.41, 5.74) is 2.06. The third kappa shape index (κ3) is 4.09. The first-order valence-corrected chi connectivity index (χ1v) is 9.08. The van der Waals surface area contributed by atoms with E-state index in [1.165, 1.54) is 0 Å². The van der Waals surface area contributed by atoms with Gasteiger partial charge in [0.15, 0.2) is 11.5 Å². The van der Waals surface area contributed by atoms with Crippen LogP contribution in [0.25, 0.3) is 22.6 Å². The highest BCUT2D eigenvalue weighted by atomic mass is 16.4. The first kappa shape index (κ1) is 19.7. The van der Waals surface area contributed by atoms with Gasteiger partial charge in [0, 0.05) is 13.0 Å². The van der Waals surface area contributed by atoms with Crippen LogP contribution in [0, 0.1) is 13.8 Å². The van der Waals surface area contributed by atoms with E-state index in [-0.39, 0.29) is 17.9 Å². The van der Waals surface area contributed by atoms with Gasteiger partial charge in [-0.2, -0.15) is 4.98 Å². The quantitative estimate of drug-likeness (QED) is 0.519. The summed E-state index contributed by atoms with van der Waals surface area (Å²) in [6, 6.07) is 3.79. The van der Waals surface area contributed by atoms with Gasteiger partial charge in [-0.1, -0.05) is 0 Å². The normalized spacial score (nSPS) is 12.5. The van der Waals surface area contributed by atoms with E-state index in [0.717, 1.165) is 11.1 Å². The van der Waals surface area contributed by atoms with E-state index in [1.807, 2.05) is 26.0 Å². The van der Waals surface area contributed by atoms with Gasteiger partial charge in [0.05, 0.1) is 17.1 Å². The average Bonchev–Trinajstić information content (AvgIpc) is 2.60. The summed E-state index contributed by atoms with van der Waals surface area (Å²) < 4.78 is 1.72. The molecule has 2 aliphatic rings. The van der Waals surface area contributed by atoms with Crippen molar-refractivity contribution in [3.8, 4) is 11.5 Å². The molecule has 0 saturated heterocycles. The van der Waals surface area contributed by atoms with Crippen molar-refractivity contribution in [2.45, 2.75) is 52.2 Å². The molecule has 0 bridgehead atoms. The molecule has 0 amide bonds. The Morgan fingerprint density at radius 3 is 2.61 bits per heavy atom. The van der Waals surface area contributed by atoms with Crippen molar-refractivity contribution >= 4 is 17.0 Å². The predicted octanol–water partition coefficient (Wildman–Crippen LogP) is 1.21. The van der Waals surface area contributed by atoms with Crippen molar-refractivity contribution in [1.82, 2.24) is 19.5 Å². The number of aliphatic hydroxyl groups is 1. The Labute approximate surface area is 160 Å². The smallest absolute Gasteiger partial charge is 0.349 e. The summed E-state index contributed by atoms with van der Waals surface area (Å²) in [6.45, 7) is 4.21. The Bertz CT molecular complexity index is 1120. The summed E-state index contributed by atoms with van der Waals surface area (Å²) in [5, 5.41) is 18.9. The molecule has 9 heteroatoms. The summed E-state index contributed by atoms with van der Waals surface area (Å²) >= 11 is 0. The summed E-state index contributed by atoms with van der Waals surface area (Å²) in [6.07, 6.45) is 0.353. The van der Waals surface area contributed by atoms with Crippen LogP contribution in [-0.2, 0) is 11.3 Å². The number of hydrogen-bond donors (Lipinski definition) is 3. The van der Waals surface area contributed by atoms with Gasteiger partial charge >= 0.3 is 11.7 Å². The van der Waals surface area contributed by atoms with Gasteiger partial charge in [-0.3, -0.25) is 14.6 Å². The van der Waals surface area contributed by atoms with Crippen LogP contribution in [0.15, 0.2) is 21.7 Å². The molecule has 0 fully saturated rings. The molecule has 1 unspecified atom stereocenters. The second-order valence-corrected chi connectivity index (χ2v) is 6.96. The lowest BCUT2D eigenvalue weighted by Gasteiger charge is -2.19. The molecule has 0 aromatic heterocycles. The molecule has 2 aliphatic heterocycles. The number of fused-ring (bicyclic) bond motifs is 2. The molecule has 2 heterocycles. The van der Waals surface area contributed by atoms with E-state index in [4.69, 9.17) is 5.11 Å². The van der Waals surface area contributed by atoms with E-state index < -0.39 is 23.3 Å². The van der Waals surface area contributed by atoms with Crippen LogP contribution in [0.4, 0.5) is 0 Å². The molecular weight excluding hydrogens is 364 g/mol. The number of aliphatic hydroxyl groups excluding tert-OH is 1. The summed E-state index contributed by atoms with van der Waals surface area (Å²) in [4.78, 5) is 45.0. The molecule has 3 N–H and O–H groups in total. The topological polar surface area (TPSA) is 138 Å². The lowest BCUT2D eigenvalue weighted by Crippen LogP contribution is -2.29. The van der Waals surface area contributed by atoms with Crippen LogP contribution in [0.3, 0.4) is 0 Å². The fraction of sp³-hybridized carbons (Fsp3) is 0.421. The lowest BCUT2D eigenvalue weighted by molar-refractivity contribution is -0.137. The van der Waals surface area contributed by atoms with Crippen molar-refractivity contribution < 1.29 is 15.0 Å². The molecule has 9 nitrogen and oxygen atoms in total. The first-order chi connectivity index (χ1) is 13.3. The van der Waals surface area contributed by atoms with E-state index in [1.54, 1.807) is 4.57 Å².